The molecule has 3 heterocycles. The summed E-state index contributed by atoms with van der Waals surface area (Å²) in [5.74, 6) is -0.435. The minimum atomic E-state index is -0.498. The van der Waals surface area contributed by atoms with Gasteiger partial charge in [-0.15, -0.1) is 10.2 Å². The van der Waals surface area contributed by atoms with Crippen molar-refractivity contribution in [3.8, 4) is 11.7 Å². The van der Waals surface area contributed by atoms with E-state index in [1.165, 1.54) is 0 Å². The molecule has 5 aromatic rings. The molecule has 0 bridgehead atoms. The molecule has 0 radical (unpaired) electrons. The molecule has 158 valence electrons. The number of carbonyl (C=O) groups excluding carboxylic acids is 1. The molecule has 0 saturated heterocycles. The third kappa shape index (κ3) is 3.64. The number of para-hydroxylation sites is 1. The van der Waals surface area contributed by atoms with Crippen LogP contribution in [0.5, 0.6) is 0 Å². The Bertz CT molecular complexity index is 1460. The third-order valence-electron chi connectivity index (χ3n) is 4.85. The maximum atomic E-state index is 13.3. The average Bonchev–Trinajstić information content (AvgIpc) is 3.40. The fourth-order valence-corrected chi connectivity index (χ4v) is 4.19. The Balaban J connectivity index is 1.58. The van der Waals surface area contributed by atoms with E-state index in [-0.39, 0.29) is 28.3 Å². The summed E-state index contributed by atoms with van der Waals surface area (Å²) in [5.41, 5.74) is 1.83. The largest absolute Gasteiger partial charge is 0.410 e. The minimum Gasteiger partial charge on any atom is -0.410 e. The summed E-state index contributed by atoms with van der Waals surface area (Å²) >= 11 is 19.1. The lowest BCUT2D eigenvalue weighted by Gasteiger charge is -2.09. The molecule has 0 atom stereocenters. The standard InChI is InChI=1S/C22H12Cl3N5O2/c23-13-7-6-12(15(24)10-13)11-30-16-5-2-1-4-14(16)17(19(30)25)18(31)21-28-29-22(32-21)20-26-8-3-9-27-20/h1-10H,11H2. The Kier molecular flexibility index (Phi) is 5.38. The molecule has 0 amide bonds. The van der Waals surface area contributed by atoms with Crippen LogP contribution in [0, 0.1) is 0 Å². The quantitative estimate of drug-likeness (QED) is 0.296. The van der Waals surface area contributed by atoms with Gasteiger partial charge in [0, 0.05) is 27.8 Å². The molecule has 0 fully saturated rings. The van der Waals surface area contributed by atoms with E-state index in [1.807, 2.05) is 30.3 Å². The van der Waals surface area contributed by atoms with Crippen molar-refractivity contribution in [3.05, 3.63) is 93.1 Å². The summed E-state index contributed by atoms with van der Waals surface area (Å²) in [7, 11) is 0. The fraction of sp³-hybridized carbons (Fsp3) is 0.0455. The molecule has 0 aliphatic carbocycles. The lowest BCUT2D eigenvalue weighted by molar-refractivity contribution is 0.100. The Morgan fingerprint density at radius 2 is 1.75 bits per heavy atom. The molecular weight excluding hydrogens is 473 g/mol. The van der Waals surface area contributed by atoms with Crippen LogP contribution < -0.4 is 0 Å². The van der Waals surface area contributed by atoms with E-state index in [0.29, 0.717) is 22.0 Å². The van der Waals surface area contributed by atoms with Crippen molar-refractivity contribution in [2.24, 2.45) is 0 Å². The molecular formula is C22H12Cl3N5O2. The van der Waals surface area contributed by atoms with Crippen LogP contribution in [0.4, 0.5) is 0 Å². The first kappa shape index (κ1) is 20.6. The number of ketones is 1. The van der Waals surface area contributed by atoms with Gasteiger partial charge in [0.15, 0.2) is 0 Å². The fourth-order valence-electron chi connectivity index (χ4n) is 3.38. The van der Waals surface area contributed by atoms with Crippen molar-refractivity contribution >= 4 is 51.5 Å². The van der Waals surface area contributed by atoms with Gasteiger partial charge in [-0.25, -0.2) is 9.97 Å². The molecule has 5 rings (SSSR count). The second kappa shape index (κ2) is 8.35. The average molecular weight is 485 g/mol. The first-order valence-electron chi connectivity index (χ1n) is 9.39. The summed E-state index contributed by atoms with van der Waals surface area (Å²) in [6, 6.07) is 14.3. The number of hydrogen-bond donors (Lipinski definition) is 0. The summed E-state index contributed by atoms with van der Waals surface area (Å²) in [5, 5.41) is 9.71. The zero-order valence-electron chi connectivity index (χ0n) is 16.2. The Labute approximate surface area is 196 Å². The third-order valence-corrected chi connectivity index (χ3v) is 5.83. The van der Waals surface area contributed by atoms with Crippen LogP contribution >= 0.6 is 34.8 Å². The number of carbonyl (C=O) groups is 1. The van der Waals surface area contributed by atoms with Gasteiger partial charge >= 0.3 is 0 Å². The van der Waals surface area contributed by atoms with Gasteiger partial charge in [-0.1, -0.05) is 59.1 Å². The van der Waals surface area contributed by atoms with Crippen LogP contribution in [0.25, 0.3) is 22.6 Å². The molecule has 0 unspecified atom stereocenters. The normalized spacial score (nSPS) is 11.2. The molecule has 2 aromatic carbocycles. The molecule has 10 heteroatoms. The van der Waals surface area contributed by atoms with Gasteiger partial charge in [-0.3, -0.25) is 4.79 Å². The van der Waals surface area contributed by atoms with E-state index >= 15 is 0 Å². The van der Waals surface area contributed by atoms with Crippen molar-refractivity contribution in [1.29, 1.82) is 0 Å². The number of rotatable bonds is 5. The van der Waals surface area contributed by atoms with E-state index in [0.717, 1.165) is 11.1 Å². The van der Waals surface area contributed by atoms with Gasteiger partial charge < -0.3 is 8.98 Å². The maximum Gasteiger partial charge on any atom is 0.289 e. The molecule has 3 aromatic heterocycles. The summed E-state index contributed by atoms with van der Waals surface area (Å²) in [4.78, 5) is 21.4. The summed E-state index contributed by atoms with van der Waals surface area (Å²) < 4.78 is 7.35. The van der Waals surface area contributed by atoms with Crippen LogP contribution in [0.3, 0.4) is 0 Å². The van der Waals surface area contributed by atoms with Crippen molar-refractivity contribution in [2.75, 3.05) is 0 Å². The first-order valence-corrected chi connectivity index (χ1v) is 10.5. The highest BCUT2D eigenvalue weighted by Gasteiger charge is 2.27. The number of hydrogen-bond acceptors (Lipinski definition) is 6. The molecule has 0 N–H and O–H groups in total. The topological polar surface area (TPSA) is 86.7 Å². The minimum absolute atomic E-state index is 0.0433. The second-order valence-electron chi connectivity index (χ2n) is 6.82. The van der Waals surface area contributed by atoms with Crippen molar-refractivity contribution in [3.63, 3.8) is 0 Å². The number of nitrogens with zero attached hydrogens (tertiary/aromatic N) is 5. The zero-order chi connectivity index (χ0) is 22.2. The van der Waals surface area contributed by atoms with E-state index < -0.39 is 5.78 Å². The van der Waals surface area contributed by atoms with Gasteiger partial charge in [0.25, 0.3) is 17.6 Å². The van der Waals surface area contributed by atoms with Crippen LogP contribution in [0.1, 0.15) is 21.8 Å². The van der Waals surface area contributed by atoms with Crippen LogP contribution in [0.15, 0.2) is 65.3 Å². The van der Waals surface area contributed by atoms with Crippen molar-refractivity contribution < 1.29 is 9.21 Å². The highest BCUT2D eigenvalue weighted by molar-refractivity contribution is 6.37. The van der Waals surface area contributed by atoms with Gasteiger partial charge in [0.1, 0.15) is 5.15 Å². The number of fused-ring (bicyclic) bond motifs is 1. The Morgan fingerprint density at radius 3 is 2.53 bits per heavy atom. The first-order chi connectivity index (χ1) is 15.5. The van der Waals surface area contributed by atoms with Crippen molar-refractivity contribution in [2.45, 2.75) is 6.54 Å². The number of benzene rings is 2. The Morgan fingerprint density at radius 1 is 0.969 bits per heavy atom. The van der Waals surface area contributed by atoms with Gasteiger partial charge in [-0.2, -0.15) is 0 Å². The van der Waals surface area contributed by atoms with E-state index in [1.54, 1.807) is 35.2 Å². The van der Waals surface area contributed by atoms with E-state index in [9.17, 15) is 4.79 Å². The second-order valence-corrected chi connectivity index (χ2v) is 8.02. The number of aromatic nitrogens is 5. The Hall–Kier alpha value is -3.26. The molecule has 0 spiro atoms. The lowest BCUT2D eigenvalue weighted by Crippen LogP contribution is -2.04. The van der Waals surface area contributed by atoms with Crippen molar-refractivity contribution in [1.82, 2.24) is 24.7 Å². The van der Waals surface area contributed by atoms with Crippen LogP contribution in [-0.4, -0.2) is 30.5 Å². The van der Waals surface area contributed by atoms with E-state index in [4.69, 9.17) is 39.2 Å². The summed E-state index contributed by atoms with van der Waals surface area (Å²) in [6.07, 6.45) is 3.08. The summed E-state index contributed by atoms with van der Waals surface area (Å²) in [6.45, 7) is 0.343. The monoisotopic (exact) mass is 483 g/mol. The smallest absolute Gasteiger partial charge is 0.289 e. The van der Waals surface area contributed by atoms with Crippen LogP contribution in [0.2, 0.25) is 15.2 Å². The van der Waals surface area contributed by atoms with Gasteiger partial charge in [-0.05, 0) is 29.8 Å². The molecule has 0 saturated carbocycles. The van der Waals surface area contributed by atoms with E-state index in [2.05, 4.69) is 20.2 Å². The predicted octanol–water partition coefficient (Wildman–Crippen LogP) is 5.72. The van der Waals surface area contributed by atoms with Crippen LogP contribution in [-0.2, 0) is 6.54 Å². The number of halogens is 3. The molecule has 7 nitrogen and oxygen atoms in total. The highest BCUT2D eigenvalue weighted by atomic mass is 35.5. The van der Waals surface area contributed by atoms with Gasteiger partial charge in [0.2, 0.25) is 5.82 Å². The maximum absolute atomic E-state index is 13.3. The SMILES string of the molecule is O=C(c1nnc(-c2ncccn2)o1)c1c(Cl)n(Cc2ccc(Cl)cc2Cl)c2ccccc12. The highest BCUT2D eigenvalue weighted by Crippen LogP contribution is 2.34. The molecule has 0 aliphatic heterocycles. The molecule has 0 aliphatic rings. The zero-order valence-corrected chi connectivity index (χ0v) is 18.4. The predicted molar refractivity (Wildman–Crippen MR) is 121 cm³/mol. The van der Waals surface area contributed by atoms with Gasteiger partial charge in [0.05, 0.1) is 17.6 Å². The lowest BCUT2D eigenvalue weighted by atomic mass is 10.1. The molecule has 32 heavy (non-hydrogen) atoms.